The molecule has 2 N–H and O–H groups in total. The van der Waals surface area contributed by atoms with Crippen molar-refractivity contribution in [2.45, 2.75) is 51.5 Å². The van der Waals surface area contributed by atoms with Crippen molar-refractivity contribution in [2.75, 3.05) is 0 Å². The molecular formula is C14H22ClNS. The maximum Gasteiger partial charge on any atom is 0.0931 e. The third kappa shape index (κ3) is 3.24. The molecule has 1 nitrogen and oxygen atoms in total. The summed E-state index contributed by atoms with van der Waals surface area (Å²) in [5.74, 6) is 1.56. The van der Waals surface area contributed by atoms with E-state index in [1.807, 2.05) is 6.07 Å². The molecule has 1 saturated carbocycles. The predicted molar refractivity (Wildman–Crippen MR) is 76.6 cm³/mol. The fraction of sp³-hybridized carbons (Fsp3) is 0.714. The number of rotatable bonds is 3. The number of halogens is 1. The molecule has 2 unspecified atom stereocenters. The van der Waals surface area contributed by atoms with Gasteiger partial charge in [-0.1, -0.05) is 38.3 Å². The summed E-state index contributed by atoms with van der Waals surface area (Å²) in [4.78, 5) is 1.27. The minimum absolute atomic E-state index is 0.115. The van der Waals surface area contributed by atoms with E-state index in [4.69, 9.17) is 17.3 Å². The average Bonchev–Trinajstić information content (AvgIpc) is 2.64. The van der Waals surface area contributed by atoms with Crippen LogP contribution in [0.5, 0.6) is 0 Å². The summed E-state index contributed by atoms with van der Waals surface area (Å²) in [5.41, 5.74) is 6.50. The minimum Gasteiger partial charge on any atom is -0.321 e. The molecule has 0 radical (unpaired) electrons. The summed E-state index contributed by atoms with van der Waals surface area (Å²) in [5, 5.41) is 0. The van der Waals surface area contributed by atoms with E-state index >= 15 is 0 Å². The van der Waals surface area contributed by atoms with Crippen LogP contribution in [0.15, 0.2) is 12.1 Å². The molecule has 3 heteroatoms. The Bertz CT molecular complexity index is 374. The Kier molecular flexibility index (Phi) is 4.17. The summed E-state index contributed by atoms with van der Waals surface area (Å²) in [7, 11) is 0. The van der Waals surface area contributed by atoms with Gasteiger partial charge in [-0.25, -0.2) is 0 Å². The largest absolute Gasteiger partial charge is 0.321 e. The summed E-state index contributed by atoms with van der Waals surface area (Å²) >= 11 is 7.68. The van der Waals surface area contributed by atoms with Gasteiger partial charge in [-0.2, -0.15) is 0 Å². The maximum atomic E-state index is 6.61. The van der Waals surface area contributed by atoms with Gasteiger partial charge in [0.25, 0.3) is 0 Å². The SMILES string of the molecule is CC(C)CC1CCCC(N)(c2ccc(Cl)s2)C1. The van der Waals surface area contributed by atoms with Crippen molar-refractivity contribution in [3.63, 3.8) is 0 Å². The number of nitrogens with two attached hydrogens (primary N) is 1. The Morgan fingerprint density at radius 2 is 2.29 bits per heavy atom. The summed E-state index contributed by atoms with van der Waals surface area (Å²) in [6.45, 7) is 4.60. The lowest BCUT2D eigenvalue weighted by molar-refractivity contribution is 0.205. The van der Waals surface area contributed by atoms with Crippen molar-refractivity contribution in [1.82, 2.24) is 0 Å². The lowest BCUT2D eigenvalue weighted by Crippen LogP contribution is -2.41. The first-order chi connectivity index (χ1) is 7.99. The average molecular weight is 272 g/mol. The van der Waals surface area contributed by atoms with E-state index in [-0.39, 0.29) is 5.54 Å². The van der Waals surface area contributed by atoms with E-state index in [9.17, 15) is 0 Å². The van der Waals surface area contributed by atoms with E-state index in [0.29, 0.717) is 0 Å². The van der Waals surface area contributed by atoms with Crippen LogP contribution in [0.25, 0.3) is 0 Å². The van der Waals surface area contributed by atoms with Gasteiger partial charge in [-0.3, -0.25) is 0 Å². The smallest absolute Gasteiger partial charge is 0.0931 e. The van der Waals surface area contributed by atoms with Gasteiger partial charge in [0.15, 0.2) is 0 Å². The minimum atomic E-state index is -0.115. The monoisotopic (exact) mass is 271 g/mol. The lowest BCUT2D eigenvalue weighted by Gasteiger charge is -2.38. The van der Waals surface area contributed by atoms with Crippen molar-refractivity contribution in [3.8, 4) is 0 Å². The third-order valence-electron chi connectivity index (χ3n) is 3.76. The van der Waals surface area contributed by atoms with Gasteiger partial charge in [-0.15, -0.1) is 11.3 Å². The van der Waals surface area contributed by atoms with Crippen LogP contribution < -0.4 is 5.73 Å². The zero-order chi connectivity index (χ0) is 12.5. The quantitative estimate of drug-likeness (QED) is 0.840. The molecule has 1 heterocycles. The van der Waals surface area contributed by atoms with Crippen molar-refractivity contribution < 1.29 is 0 Å². The second-order valence-corrected chi connectivity index (χ2v) is 7.57. The topological polar surface area (TPSA) is 26.0 Å². The summed E-state index contributed by atoms with van der Waals surface area (Å²) < 4.78 is 0.857. The highest BCUT2D eigenvalue weighted by Gasteiger charge is 2.35. The van der Waals surface area contributed by atoms with Crippen LogP contribution in [-0.4, -0.2) is 0 Å². The Balaban J connectivity index is 2.09. The molecular weight excluding hydrogens is 250 g/mol. The fourth-order valence-corrected chi connectivity index (χ4v) is 4.28. The first-order valence-electron chi connectivity index (χ1n) is 6.54. The first-order valence-corrected chi connectivity index (χ1v) is 7.74. The van der Waals surface area contributed by atoms with Crippen LogP contribution in [0.3, 0.4) is 0 Å². The molecule has 1 aromatic rings. The molecule has 0 aromatic carbocycles. The van der Waals surface area contributed by atoms with E-state index < -0.39 is 0 Å². The van der Waals surface area contributed by atoms with Gasteiger partial charge in [-0.05, 0) is 43.2 Å². The Morgan fingerprint density at radius 3 is 2.88 bits per heavy atom. The van der Waals surface area contributed by atoms with Gasteiger partial charge in [0, 0.05) is 4.88 Å². The van der Waals surface area contributed by atoms with Crippen molar-refractivity contribution in [3.05, 3.63) is 21.3 Å². The molecule has 2 atom stereocenters. The van der Waals surface area contributed by atoms with Gasteiger partial charge in [0.1, 0.15) is 0 Å². The zero-order valence-corrected chi connectivity index (χ0v) is 12.3. The normalized spacial score (nSPS) is 29.8. The maximum absolute atomic E-state index is 6.61. The third-order valence-corrected chi connectivity index (χ3v) is 5.21. The van der Waals surface area contributed by atoms with Crippen LogP contribution in [0.2, 0.25) is 4.34 Å². The Morgan fingerprint density at radius 1 is 1.53 bits per heavy atom. The first kappa shape index (κ1) is 13.4. The van der Waals surface area contributed by atoms with E-state index in [1.165, 1.54) is 24.1 Å². The van der Waals surface area contributed by atoms with Gasteiger partial charge < -0.3 is 5.73 Å². The van der Waals surface area contributed by atoms with Gasteiger partial charge in [0.05, 0.1) is 9.88 Å². The summed E-state index contributed by atoms with van der Waals surface area (Å²) in [6.07, 6.45) is 6.14. The molecule has 1 aliphatic rings. The lowest BCUT2D eigenvalue weighted by atomic mass is 9.73. The highest BCUT2D eigenvalue weighted by molar-refractivity contribution is 7.16. The molecule has 1 aliphatic carbocycles. The zero-order valence-electron chi connectivity index (χ0n) is 10.7. The number of hydrogen-bond acceptors (Lipinski definition) is 2. The molecule has 0 saturated heterocycles. The van der Waals surface area contributed by atoms with Crippen LogP contribution >= 0.6 is 22.9 Å². The molecule has 0 aliphatic heterocycles. The van der Waals surface area contributed by atoms with E-state index in [1.54, 1.807) is 11.3 Å². The standard InChI is InChI=1S/C14H22ClNS/c1-10(2)8-11-4-3-7-14(16,9-11)12-5-6-13(15)17-12/h5-6,10-11H,3-4,7-9,16H2,1-2H3. The molecule has 17 heavy (non-hydrogen) atoms. The Hall–Kier alpha value is -0.0500. The summed E-state index contributed by atoms with van der Waals surface area (Å²) in [6, 6.07) is 4.09. The van der Waals surface area contributed by atoms with Gasteiger partial charge in [0.2, 0.25) is 0 Å². The van der Waals surface area contributed by atoms with Crippen LogP contribution in [-0.2, 0) is 5.54 Å². The molecule has 1 aromatic heterocycles. The number of thiophene rings is 1. The van der Waals surface area contributed by atoms with Crippen LogP contribution in [0.1, 0.15) is 50.8 Å². The highest BCUT2D eigenvalue weighted by atomic mass is 35.5. The molecule has 96 valence electrons. The van der Waals surface area contributed by atoms with Crippen LogP contribution in [0.4, 0.5) is 0 Å². The molecule has 2 rings (SSSR count). The van der Waals surface area contributed by atoms with E-state index in [0.717, 1.165) is 29.0 Å². The second-order valence-electron chi connectivity index (χ2n) is 5.85. The molecule has 0 bridgehead atoms. The predicted octanol–water partition coefficient (Wildman–Crippen LogP) is 4.79. The van der Waals surface area contributed by atoms with Crippen molar-refractivity contribution in [2.24, 2.45) is 17.6 Å². The van der Waals surface area contributed by atoms with Gasteiger partial charge >= 0.3 is 0 Å². The van der Waals surface area contributed by atoms with Crippen LogP contribution in [0, 0.1) is 11.8 Å². The molecule has 1 fully saturated rings. The van der Waals surface area contributed by atoms with Crippen molar-refractivity contribution >= 4 is 22.9 Å². The fourth-order valence-electron chi connectivity index (χ4n) is 3.10. The highest BCUT2D eigenvalue weighted by Crippen LogP contribution is 2.43. The Labute approximate surface area is 113 Å². The number of hydrogen-bond donors (Lipinski definition) is 1. The van der Waals surface area contributed by atoms with Crippen molar-refractivity contribution in [1.29, 1.82) is 0 Å². The molecule has 0 spiro atoms. The second kappa shape index (κ2) is 5.29. The van der Waals surface area contributed by atoms with E-state index in [2.05, 4.69) is 19.9 Å². The molecule has 0 amide bonds.